The Bertz CT molecular complexity index is 515. The highest BCUT2D eigenvalue weighted by Gasteiger charge is 2.21. The Morgan fingerprint density at radius 3 is 2.88 bits per heavy atom. The topological polar surface area (TPSA) is 29.5 Å². The standard InChI is InChI=1S/C14H14O2/c15-14-3-1-2-11-6-7-12(8-13(11)14)16-9-10-4-5-10/h1-3,6-8,10,15H,4-5,9H2. The van der Waals surface area contributed by atoms with E-state index >= 15 is 0 Å². The van der Waals surface area contributed by atoms with Crippen LogP contribution in [0.1, 0.15) is 12.8 Å². The van der Waals surface area contributed by atoms with Crippen LogP contribution in [-0.4, -0.2) is 11.7 Å². The molecule has 0 amide bonds. The number of benzene rings is 2. The van der Waals surface area contributed by atoms with Gasteiger partial charge < -0.3 is 9.84 Å². The summed E-state index contributed by atoms with van der Waals surface area (Å²) in [4.78, 5) is 0. The van der Waals surface area contributed by atoms with Gasteiger partial charge >= 0.3 is 0 Å². The molecule has 82 valence electrons. The maximum Gasteiger partial charge on any atom is 0.123 e. The predicted octanol–water partition coefficient (Wildman–Crippen LogP) is 3.33. The second-order valence-electron chi connectivity index (χ2n) is 4.41. The van der Waals surface area contributed by atoms with Crippen molar-refractivity contribution >= 4 is 10.8 Å². The molecule has 2 aromatic rings. The molecule has 0 aliphatic heterocycles. The van der Waals surface area contributed by atoms with Gasteiger partial charge in [0.25, 0.3) is 0 Å². The van der Waals surface area contributed by atoms with E-state index in [1.807, 2.05) is 30.3 Å². The van der Waals surface area contributed by atoms with Crippen LogP contribution in [0.15, 0.2) is 36.4 Å². The van der Waals surface area contributed by atoms with Gasteiger partial charge in [0.2, 0.25) is 0 Å². The number of aromatic hydroxyl groups is 1. The highest BCUT2D eigenvalue weighted by molar-refractivity contribution is 5.89. The Morgan fingerprint density at radius 1 is 1.19 bits per heavy atom. The first kappa shape index (κ1) is 9.52. The minimum Gasteiger partial charge on any atom is -0.507 e. The van der Waals surface area contributed by atoms with E-state index in [0.29, 0.717) is 5.75 Å². The zero-order valence-corrected chi connectivity index (χ0v) is 9.02. The summed E-state index contributed by atoms with van der Waals surface area (Å²) in [6, 6.07) is 11.4. The fourth-order valence-electron chi connectivity index (χ4n) is 1.82. The van der Waals surface area contributed by atoms with E-state index in [2.05, 4.69) is 0 Å². The van der Waals surface area contributed by atoms with Crippen LogP contribution in [-0.2, 0) is 0 Å². The molecule has 1 aliphatic carbocycles. The van der Waals surface area contributed by atoms with Crippen molar-refractivity contribution in [2.75, 3.05) is 6.61 Å². The van der Waals surface area contributed by atoms with Crippen molar-refractivity contribution in [1.29, 1.82) is 0 Å². The van der Waals surface area contributed by atoms with Crippen LogP contribution in [0.5, 0.6) is 11.5 Å². The molecule has 0 bridgehead atoms. The minimum absolute atomic E-state index is 0.314. The van der Waals surface area contributed by atoms with Crippen LogP contribution in [0.4, 0.5) is 0 Å². The molecule has 0 radical (unpaired) electrons. The predicted molar refractivity (Wildman–Crippen MR) is 63.8 cm³/mol. The molecule has 2 nitrogen and oxygen atoms in total. The van der Waals surface area contributed by atoms with E-state index in [1.54, 1.807) is 6.07 Å². The van der Waals surface area contributed by atoms with Gasteiger partial charge in [0, 0.05) is 5.39 Å². The molecular formula is C14H14O2. The molecule has 1 saturated carbocycles. The highest BCUT2D eigenvalue weighted by atomic mass is 16.5. The molecule has 0 atom stereocenters. The first-order valence-electron chi connectivity index (χ1n) is 5.67. The van der Waals surface area contributed by atoms with E-state index in [0.717, 1.165) is 29.0 Å². The number of phenols is 1. The molecule has 2 aromatic carbocycles. The molecule has 3 rings (SSSR count). The summed E-state index contributed by atoms with van der Waals surface area (Å²) in [5, 5.41) is 11.6. The second kappa shape index (κ2) is 3.71. The molecular weight excluding hydrogens is 200 g/mol. The summed E-state index contributed by atoms with van der Waals surface area (Å²) in [5.74, 6) is 1.91. The van der Waals surface area contributed by atoms with Crippen molar-refractivity contribution in [1.82, 2.24) is 0 Å². The SMILES string of the molecule is Oc1cccc2ccc(OCC3CC3)cc12. The molecule has 0 aromatic heterocycles. The summed E-state index contributed by atoms with van der Waals surface area (Å²) in [6.45, 7) is 0.805. The minimum atomic E-state index is 0.314. The lowest BCUT2D eigenvalue weighted by Crippen LogP contribution is -1.98. The van der Waals surface area contributed by atoms with E-state index < -0.39 is 0 Å². The lowest BCUT2D eigenvalue weighted by atomic mass is 10.1. The summed E-state index contributed by atoms with van der Waals surface area (Å²) >= 11 is 0. The maximum absolute atomic E-state index is 9.73. The van der Waals surface area contributed by atoms with Crippen LogP contribution in [0.3, 0.4) is 0 Å². The fraction of sp³-hybridized carbons (Fsp3) is 0.286. The molecule has 0 unspecified atom stereocenters. The van der Waals surface area contributed by atoms with Crippen molar-refractivity contribution in [3.05, 3.63) is 36.4 Å². The zero-order chi connectivity index (χ0) is 11.0. The third-order valence-corrected chi connectivity index (χ3v) is 3.01. The van der Waals surface area contributed by atoms with Crippen LogP contribution < -0.4 is 4.74 Å². The lowest BCUT2D eigenvalue weighted by molar-refractivity contribution is 0.300. The van der Waals surface area contributed by atoms with Crippen molar-refractivity contribution in [2.24, 2.45) is 5.92 Å². The second-order valence-corrected chi connectivity index (χ2v) is 4.41. The Kier molecular flexibility index (Phi) is 2.21. The summed E-state index contributed by atoms with van der Waals surface area (Å²) in [7, 11) is 0. The first-order valence-corrected chi connectivity index (χ1v) is 5.67. The summed E-state index contributed by atoms with van der Waals surface area (Å²) in [6.07, 6.45) is 2.58. The number of hydrogen-bond donors (Lipinski definition) is 1. The van der Waals surface area contributed by atoms with E-state index in [4.69, 9.17) is 4.74 Å². The van der Waals surface area contributed by atoms with E-state index in [1.165, 1.54) is 12.8 Å². The maximum atomic E-state index is 9.73. The van der Waals surface area contributed by atoms with Gasteiger partial charge in [-0.1, -0.05) is 18.2 Å². The Hall–Kier alpha value is -1.70. The number of rotatable bonds is 3. The highest BCUT2D eigenvalue weighted by Crippen LogP contribution is 2.31. The fourth-order valence-corrected chi connectivity index (χ4v) is 1.82. The van der Waals surface area contributed by atoms with Crippen LogP contribution in [0.25, 0.3) is 10.8 Å². The third kappa shape index (κ3) is 1.83. The summed E-state index contributed by atoms with van der Waals surface area (Å²) < 4.78 is 5.68. The monoisotopic (exact) mass is 214 g/mol. The van der Waals surface area contributed by atoms with Gasteiger partial charge in [0.15, 0.2) is 0 Å². The van der Waals surface area contributed by atoms with Gasteiger partial charge in [-0.3, -0.25) is 0 Å². The van der Waals surface area contributed by atoms with Gasteiger partial charge in [-0.2, -0.15) is 0 Å². The number of hydrogen-bond acceptors (Lipinski definition) is 2. The van der Waals surface area contributed by atoms with Crippen molar-refractivity contribution < 1.29 is 9.84 Å². The van der Waals surface area contributed by atoms with Crippen LogP contribution >= 0.6 is 0 Å². The van der Waals surface area contributed by atoms with Gasteiger partial charge in [-0.05, 0) is 42.3 Å². The quantitative estimate of drug-likeness (QED) is 0.849. The first-order chi connectivity index (χ1) is 7.83. The van der Waals surface area contributed by atoms with Crippen molar-refractivity contribution in [3.63, 3.8) is 0 Å². The smallest absolute Gasteiger partial charge is 0.123 e. The number of ether oxygens (including phenoxy) is 1. The third-order valence-electron chi connectivity index (χ3n) is 3.01. The molecule has 0 spiro atoms. The number of fused-ring (bicyclic) bond motifs is 1. The van der Waals surface area contributed by atoms with Gasteiger partial charge in [-0.25, -0.2) is 0 Å². The Morgan fingerprint density at radius 2 is 2.06 bits per heavy atom. The molecule has 2 heteroatoms. The van der Waals surface area contributed by atoms with Crippen molar-refractivity contribution in [2.45, 2.75) is 12.8 Å². The van der Waals surface area contributed by atoms with Gasteiger partial charge in [-0.15, -0.1) is 0 Å². The average molecular weight is 214 g/mol. The normalized spacial score (nSPS) is 15.2. The van der Waals surface area contributed by atoms with Crippen molar-refractivity contribution in [3.8, 4) is 11.5 Å². The Labute approximate surface area is 94.5 Å². The van der Waals surface area contributed by atoms with Crippen LogP contribution in [0, 0.1) is 5.92 Å². The van der Waals surface area contributed by atoms with E-state index in [-0.39, 0.29) is 0 Å². The molecule has 0 saturated heterocycles. The molecule has 1 aliphatic rings. The largest absolute Gasteiger partial charge is 0.507 e. The van der Waals surface area contributed by atoms with Gasteiger partial charge in [0.05, 0.1) is 6.61 Å². The molecule has 0 heterocycles. The molecule has 16 heavy (non-hydrogen) atoms. The van der Waals surface area contributed by atoms with Crippen LogP contribution in [0.2, 0.25) is 0 Å². The zero-order valence-electron chi connectivity index (χ0n) is 9.02. The summed E-state index contributed by atoms with van der Waals surface area (Å²) in [5.41, 5.74) is 0. The van der Waals surface area contributed by atoms with E-state index in [9.17, 15) is 5.11 Å². The number of phenolic OH excluding ortho intramolecular Hbond substituents is 1. The lowest BCUT2D eigenvalue weighted by Gasteiger charge is -2.07. The molecule has 1 fully saturated rings. The van der Waals surface area contributed by atoms with Gasteiger partial charge in [0.1, 0.15) is 11.5 Å². The molecule has 1 N–H and O–H groups in total. The Balaban J connectivity index is 1.91. The average Bonchev–Trinajstić information content (AvgIpc) is 3.11.